The highest BCUT2D eigenvalue weighted by atomic mass is 16.5. The van der Waals surface area contributed by atoms with Gasteiger partial charge in [-0.3, -0.25) is 14.8 Å². The first kappa shape index (κ1) is 21.3. The first-order chi connectivity index (χ1) is 15.1. The molecule has 3 N–H and O–H groups in total. The van der Waals surface area contributed by atoms with Crippen LogP contribution in [0, 0.1) is 0 Å². The molecule has 0 fully saturated rings. The minimum absolute atomic E-state index is 0.316. The van der Waals surface area contributed by atoms with E-state index in [1.54, 1.807) is 30.3 Å². The Morgan fingerprint density at radius 1 is 0.871 bits per heavy atom. The van der Waals surface area contributed by atoms with Crippen LogP contribution in [0.1, 0.15) is 21.5 Å². The largest absolute Gasteiger partial charge is 0.457 e. The number of hydrogen-bond donors (Lipinski definition) is 3. The Kier molecular flexibility index (Phi) is 7.55. The number of hydroxylamine groups is 1. The smallest absolute Gasteiger partial charge is 0.267 e. The number of carbonyl (C=O) groups is 2. The minimum Gasteiger partial charge on any atom is -0.457 e. The van der Waals surface area contributed by atoms with Gasteiger partial charge in [0.25, 0.3) is 11.8 Å². The molecule has 0 heterocycles. The van der Waals surface area contributed by atoms with Gasteiger partial charge in [-0.25, -0.2) is 5.48 Å². The molecular formula is C25H20N2O4. The summed E-state index contributed by atoms with van der Waals surface area (Å²) < 4.78 is 5.80. The van der Waals surface area contributed by atoms with Gasteiger partial charge in [-0.15, -0.1) is 5.73 Å². The van der Waals surface area contributed by atoms with Crippen molar-refractivity contribution < 1.29 is 19.5 Å². The molecule has 3 aromatic carbocycles. The fraction of sp³-hybridized carbons (Fsp3) is 0. The molecule has 6 nitrogen and oxygen atoms in total. The molecule has 0 aliphatic heterocycles. The number of hydrogen-bond acceptors (Lipinski definition) is 4. The molecule has 0 saturated carbocycles. The van der Waals surface area contributed by atoms with Crippen molar-refractivity contribution in [3.05, 3.63) is 114 Å². The maximum Gasteiger partial charge on any atom is 0.267 e. The summed E-state index contributed by atoms with van der Waals surface area (Å²) >= 11 is 0. The minimum atomic E-state index is -0.652. The van der Waals surface area contributed by atoms with Gasteiger partial charge in [0.1, 0.15) is 11.5 Å². The van der Waals surface area contributed by atoms with Crippen LogP contribution in [0.3, 0.4) is 0 Å². The van der Waals surface area contributed by atoms with E-state index in [2.05, 4.69) is 11.0 Å². The highest BCUT2D eigenvalue weighted by Gasteiger charge is 2.03. The van der Waals surface area contributed by atoms with Crippen LogP contribution in [0.4, 0.5) is 0 Å². The molecule has 0 aliphatic rings. The number of ether oxygens (including phenoxy) is 1. The quantitative estimate of drug-likeness (QED) is 0.230. The third kappa shape index (κ3) is 6.87. The molecule has 0 spiro atoms. The number of benzene rings is 3. The summed E-state index contributed by atoms with van der Waals surface area (Å²) in [6.07, 6.45) is 5.80. The van der Waals surface area contributed by atoms with Crippen LogP contribution < -0.4 is 15.5 Å². The van der Waals surface area contributed by atoms with Gasteiger partial charge in [0, 0.05) is 17.8 Å². The molecule has 154 valence electrons. The summed E-state index contributed by atoms with van der Waals surface area (Å²) in [5, 5.41) is 11.2. The third-order valence-corrected chi connectivity index (χ3v) is 4.06. The van der Waals surface area contributed by atoms with E-state index >= 15 is 0 Å². The predicted octanol–water partition coefficient (Wildman–Crippen LogP) is 4.55. The normalized spacial score (nSPS) is 10.1. The molecule has 0 aromatic heterocycles. The van der Waals surface area contributed by atoms with Gasteiger partial charge >= 0.3 is 0 Å². The number of amides is 2. The number of nitrogens with one attached hydrogen (secondary N) is 2. The predicted molar refractivity (Wildman–Crippen MR) is 118 cm³/mol. The van der Waals surface area contributed by atoms with Crippen molar-refractivity contribution in [3.8, 4) is 11.5 Å². The summed E-state index contributed by atoms with van der Waals surface area (Å²) in [5.74, 6) is 0.483. The van der Waals surface area contributed by atoms with Gasteiger partial charge < -0.3 is 10.1 Å². The standard InChI is InChI=1S/C25H20N2O4/c28-24(27-30)15-14-20-7-4-10-21(17-20)25(29)26-16-6-9-19-8-5-13-23(18-19)31-22-11-2-1-3-12-22/h1-5,7-18,30H,(H,26,29)(H,27,28). The monoisotopic (exact) mass is 412 g/mol. The number of rotatable bonds is 7. The maximum absolute atomic E-state index is 12.3. The average Bonchev–Trinajstić information content (AvgIpc) is 2.81. The van der Waals surface area contributed by atoms with E-state index in [0.717, 1.165) is 17.4 Å². The Bertz CT molecular complexity index is 1150. The second kappa shape index (κ2) is 11.0. The highest BCUT2D eigenvalue weighted by molar-refractivity contribution is 5.96. The molecule has 0 unspecified atom stereocenters. The topological polar surface area (TPSA) is 87.7 Å². The molecule has 0 aliphatic carbocycles. The van der Waals surface area contributed by atoms with Gasteiger partial charge in [0.15, 0.2) is 0 Å². The molecule has 3 rings (SSSR count). The van der Waals surface area contributed by atoms with Crippen LogP contribution in [0.15, 0.2) is 96.9 Å². The van der Waals surface area contributed by atoms with E-state index in [1.807, 2.05) is 54.6 Å². The average molecular weight is 412 g/mol. The SMILES string of the molecule is O=C(C=Cc1cccc(C(=O)NC=C=Cc2cccc(Oc3ccccc3)c2)c1)NO. The summed E-state index contributed by atoms with van der Waals surface area (Å²) in [5.41, 5.74) is 6.36. The molecule has 6 heteroatoms. The number of carbonyl (C=O) groups excluding carboxylic acids is 2. The van der Waals surface area contributed by atoms with Crippen LogP contribution >= 0.6 is 0 Å². The molecule has 0 atom stereocenters. The Balaban J connectivity index is 1.61. The Morgan fingerprint density at radius 3 is 2.42 bits per heavy atom. The lowest BCUT2D eigenvalue weighted by atomic mass is 10.1. The first-order valence-corrected chi connectivity index (χ1v) is 9.41. The van der Waals surface area contributed by atoms with Gasteiger partial charge in [-0.2, -0.15) is 0 Å². The lowest BCUT2D eigenvalue weighted by Crippen LogP contribution is -2.16. The van der Waals surface area contributed by atoms with Crippen molar-refractivity contribution in [2.45, 2.75) is 0 Å². The van der Waals surface area contributed by atoms with E-state index in [-0.39, 0.29) is 5.91 Å². The van der Waals surface area contributed by atoms with Crippen LogP contribution in [0.2, 0.25) is 0 Å². The van der Waals surface area contributed by atoms with Crippen LogP contribution in [0.5, 0.6) is 11.5 Å². The molecule has 2 amide bonds. The zero-order chi connectivity index (χ0) is 21.9. The van der Waals surface area contributed by atoms with Crippen molar-refractivity contribution in [3.63, 3.8) is 0 Å². The van der Waals surface area contributed by atoms with E-state index < -0.39 is 5.91 Å². The lowest BCUT2D eigenvalue weighted by Gasteiger charge is -2.05. The van der Waals surface area contributed by atoms with Gasteiger partial charge in [0.05, 0.1) is 0 Å². The van der Waals surface area contributed by atoms with E-state index in [0.29, 0.717) is 16.9 Å². The van der Waals surface area contributed by atoms with E-state index in [4.69, 9.17) is 9.94 Å². The van der Waals surface area contributed by atoms with Crippen molar-refractivity contribution in [1.82, 2.24) is 10.8 Å². The van der Waals surface area contributed by atoms with Crippen molar-refractivity contribution >= 4 is 24.0 Å². The van der Waals surface area contributed by atoms with Crippen molar-refractivity contribution in [2.24, 2.45) is 0 Å². The van der Waals surface area contributed by atoms with Crippen LogP contribution in [-0.4, -0.2) is 17.0 Å². The highest BCUT2D eigenvalue weighted by Crippen LogP contribution is 2.22. The first-order valence-electron chi connectivity index (χ1n) is 9.41. The lowest BCUT2D eigenvalue weighted by molar-refractivity contribution is -0.124. The van der Waals surface area contributed by atoms with E-state index in [1.165, 1.54) is 17.8 Å². The second-order valence-electron chi connectivity index (χ2n) is 6.35. The summed E-state index contributed by atoms with van der Waals surface area (Å²) in [6, 6.07) is 23.7. The van der Waals surface area contributed by atoms with Crippen molar-refractivity contribution in [2.75, 3.05) is 0 Å². The van der Waals surface area contributed by atoms with Crippen LogP contribution in [0.25, 0.3) is 12.2 Å². The Morgan fingerprint density at radius 2 is 1.61 bits per heavy atom. The zero-order valence-electron chi connectivity index (χ0n) is 16.5. The van der Waals surface area contributed by atoms with Crippen LogP contribution in [-0.2, 0) is 4.79 Å². The molecule has 31 heavy (non-hydrogen) atoms. The molecule has 0 saturated heterocycles. The Labute approximate surface area is 179 Å². The molecule has 0 bridgehead atoms. The van der Waals surface area contributed by atoms with Gasteiger partial charge in [0.2, 0.25) is 0 Å². The maximum atomic E-state index is 12.3. The zero-order valence-corrected chi connectivity index (χ0v) is 16.5. The number of para-hydroxylation sites is 1. The fourth-order valence-electron chi connectivity index (χ4n) is 2.61. The summed E-state index contributed by atoms with van der Waals surface area (Å²) in [7, 11) is 0. The van der Waals surface area contributed by atoms with E-state index in [9.17, 15) is 9.59 Å². The fourth-order valence-corrected chi connectivity index (χ4v) is 2.61. The van der Waals surface area contributed by atoms with Gasteiger partial charge in [-0.05, 0) is 59.7 Å². The summed E-state index contributed by atoms with van der Waals surface area (Å²) in [6.45, 7) is 0. The second-order valence-corrected chi connectivity index (χ2v) is 6.35. The molecule has 3 aromatic rings. The summed E-state index contributed by atoms with van der Waals surface area (Å²) in [4.78, 5) is 23.4. The third-order valence-electron chi connectivity index (χ3n) is 4.06. The molecule has 0 radical (unpaired) electrons. The van der Waals surface area contributed by atoms with Gasteiger partial charge in [-0.1, -0.05) is 42.5 Å². The Hall–Kier alpha value is -4.38. The molecular weight excluding hydrogens is 392 g/mol. The van der Waals surface area contributed by atoms with Crippen molar-refractivity contribution in [1.29, 1.82) is 0 Å².